The predicted molar refractivity (Wildman–Crippen MR) is 341 cm³/mol. The Hall–Kier alpha value is -11.9. The van der Waals surface area contributed by atoms with Gasteiger partial charge in [0.2, 0.25) is 13.6 Å². The van der Waals surface area contributed by atoms with Crippen LogP contribution in [0.3, 0.4) is 0 Å². The molecular formula is C71H67N7O14. The van der Waals surface area contributed by atoms with Gasteiger partial charge in [0.15, 0.2) is 23.0 Å². The highest BCUT2D eigenvalue weighted by molar-refractivity contribution is 6.02. The van der Waals surface area contributed by atoms with Crippen LogP contribution >= 0.6 is 0 Å². The standard InChI is InChI=1S/C24H20N2O6.C24H24N2O4.C23H23N3O4/c27-23(25-11-15-4-6-19-21(8-15)31-13-29-19)17-2-1-3-18(10-17)24(28)26-12-16-5-7-20-22(9-16)32-14-30-20;1-29-21-10-3-6-17(12-21)15-25-23(27)19-8-5-9-20(14-19)24(28)26-16-18-7-4-11-22(13-18)30-2;1-29-19-6-3-16(4-7-19)14-25-22(27)18-5-8-21(30-2)20(13-18)23(28)26-15-17-9-11-24-12-10-17/h1-10H,11-14H2,(H,25,27)(H,26,28);3-14H,15-16H2,1-2H3,(H,25,27)(H,26,28);3-13H,14-15H2,1-2H3,(H,25,27)(H,26,28). The van der Waals surface area contributed by atoms with E-state index in [2.05, 4.69) is 36.9 Å². The highest BCUT2D eigenvalue weighted by atomic mass is 16.7. The average molecular weight is 1240 g/mol. The summed E-state index contributed by atoms with van der Waals surface area (Å²) in [7, 11) is 6.29. The minimum atomic E-state index is -0.325. The Morgan fingerprint density at radius 1 is 0.326 bits per heavy atom. The van der Waals surface area contributed by atoms with Gasteiger partial charge in [-0.2, -0.15) is 0 Å². The number of methoxy groups -OCH3 is 4. The highest BCUT2D eigenvalue weighted by Gasteiger charge is 2.19. The third-order valence-corrected chi connectivity index (χ3v) is 14.2. The third kappa shape index (κ3) is 18.4. The number of nitrogens with zero attached hydrogens (tertiary/aromatic N) is 1. The maximum atomic E-state index is 12.7. The summed E-state index contributed by atoms with van der Waals surface area (Å²) < 4.78 is 42.1. The molecule has 0 atom stereocenters. The number of carbonyl (C=O) groups excluding carboxylic acids is 6. The Bertz CT molecular complexity index is 3890. The molecule has 1 aromatic heterocycles. The summed E-state index contributed by atoms with van der Waals surface area (Å²) >= 11 is 0. The highest BCUT2D eigenvalue weighted by Crippen LogP contribution is 2.34. The lowest BCUT2D eigenvalue weighted by atomic mass is 10.1. The fourth-order valence-electron chi connectivity index (χ4n) is 9.24. The first kappa shape index (κ1) is 64.6. The van der Waals surface area contributed by atoms with E-state index in [-0.39, 0.29) is 49.0 Å². The zero-order valence-corrected chi connectivity index (χ0v) is 50.9. The molecule has 3 heterocycles. The van der Waals surface area contributed by atoms with E-state index in [0.29, 0.717) is 101 Å². The summed E-state index contributed by atoms with van der Waals surface area (Å²) in [5.41, 5.74) is 7.81. The molecule has 21 heteroatoms. The molecule has 0 spiro atoms. The smallest absolute Gasteiger partial charge is 0.255 e. The normalized spacial score (nSPS) is 11.2. The van der Waals surface area contributed by atoms with Crippen LogP contribution in [0.2, 0.25) is 0 Å². The Balaban J connectivity index is 0.000000163. The van der Waals surface area contributed by atoms with Crippen LogP contribution in [0.15, 0.2) is 200 Å². The Morgan fingerprint density at radius 2 is 0.685 bits per heavy atom. The second-order valence-corrected chi connectivity index (χ2v) is 20.5. The van der Waals surface area contributed by atoms with E-state index in [0.717, 1.165) is 50.6 Å². The molecule has 11 rings (SSSR count). The van der Waals surface area contributed by atoms with Crippen LogP contribution in [0.25, 0.3) is 0 Å². The van der Waals surface area contributed by atoms with Gasteiger partial charge in [-0.15, -0.1) is 0 Å². The van der Waals surface area contributed by atoms with Gasteiger partial charge in [0.1, 0.15) is 23.0 Å². The quantitative estimate of drug-likeness (QED) is 0.0369. The zero-order valence-electron chi connectivity index (χ0n) is 50.9. The van der Waals surface area contributed by atoms with Crippen molar-refractivity contribution in [1.82, 2.24) is 36.9 Å². The van der Waals surface area contributed by atoms with Crippen LogP contribution in [-0.2, 0) is 39.3 Å². The van der Waals surface area contributed by atoms with E-state index in [1.54, 1.807) is 94.4 Å². The molecule has 92 heavy (non-hydrogen) atoms. The molecular weight excluding hydrogens is 1170 g/mol. The van der Waals surface area contributed by atoms with Crippen LogP contribution in [0.5, 0.6) is 46.0 Å². The third-order valence-electron chi connectivity index (χ3n) is 14.2. The van der Waals surface area contributed by atoms with Crippen molar-refractivity contribution in [1.29, 1.82) is 0 Å². The number of hydrogen-bond donors (Lipinski definition) is 6. The summed E-state index contributed by atoms with van der Waals surface area (Å²) in [4.78, 5) is 79.4. The van der Waals surface area contributed by atoms with E-state index < -0.39 is 0 Å². The summed E-state index contributed by atoms with van der Waals surface area (Å²) in [6.45, 7) is 2.50. The molecule has 6 N–H and O–H groups in total. The first-order chi connectivity index (χ1) is 44.8. The summed E-state index contributed by atoms with van der Waals surface area (Å²) in [5, 5.41) is 17.1. The fraction of sp³-hybridized carbons (Fsp3) is 0.169. The topological polar surface area (TPSA) is 261 Å². The molecule has 2 aliphatic heterocycles. The number of ether oxygens (including phenoxy) is 8. The van der Waals surface area contributed by atoms with Crippen molar-refractivity contribution in [2.75, 3.05) is 42.0 Å². The van der Waals surface area contributed by atoms with Gasteiger partial charge in [-0.25, -0.2) is 0 Å². The van der Waals surface area contributed by atoms with Gasteiger partial charge in [-0.3, -0.25) is 33.8 Å². The molecule has 0 radical (unpaired) electrons. The largest absolute Gasteiger partial charge is 0.497 e. The van der Waals surface area contributed by atoms with Crippen LogP contribution in [-0.4, -0.2) is 82.5 Å². The molecule has 0 unspecified atom stereocenters. The van der Waals surface area contributed by atoms with Crippen LogP contribution in [0, 0.1) is 0 Å². The molecule has 21 nitrogen and oxygen atoms in total. The number of benzene rings is 8. The van der Waals surface area contributed by atoms with Gasteiger partial charge < -0.3 is 69.8 Å². The van der Waals surface area contributed by atoms with Crippen molar-refractivity contribution >= 4 is 35.4 Å². The number of aromatic nitrogens is 1. The Labute approximate surface area is 531 Å². The molecule has 0 saturated carbocycles. The van der Waals surface area contributed by atoms with Crippen molar-refractivity contribution < 1.29 is 66.7 Å². The van der Waals surface area contributed by atoms with E-state index >= 15 is 0 Å². The van der Waals surface area contributed by atoms with E-state index in [1.807, 2.05) is 121 Å². The second kappa shape index (κ2) is 32.4. The van der Waals surface area contributed by atoms with E-state index in [9.17, 15) is 28.8 Å². The number of nitrogens with one attached hydrogen (secondary N) is 6. The van der Waals surface area contributed by atoms with Crippen molar-refractivity contribution in [2.24, 2.45) is 0 Å². The minimum absolute atomic E-state index is 0.203. The van der Waals surface area contributed by atoms with Crippen LogP contribution in [0.4, 0.5) is 0 Å². The first-order valence-corrected chi connectivity index (χ1v) is 29.0. The second-order valence-electron chi connectivity index (χ2n) is 20.5. The number of carbonyl (C=O) groups is 6. The van der Waals surface area contributed by atoms with Crippen molar-refractivity contribution in [3.05, 3.63) is 267 Å². The summed E-state index contributed by atoms with van der Waals surface area (Å²) in [6, 6.07) is 55.1. The van der Waals surface area contributed by atoms with Gasteiger partial charge in [-0.1, -0.05) is 60.7 Å². The molecule has 6 amide bonds. The SMILES string of the molecule is COc1ccc(CNC(=O)c2ccc(OC)c(C(=O)NCc3ccncc3)c2)cc1.COc1cccc(CNC(=O)c2cccc(C(=O)NCc3cccc(OC)c3)c2)c1.O=C(NCc1ccc2c(c1)OCO2)c1cccc(C(=O)NCc2ccc3c(c2)OCO3)c1. The molecule has 0 aliphatic carbocycles. The monoisotopic (exact) mass is 1240 g/mol. The first-order valence-electron chi connectivity index (χ1n) is 29.0. The van der Waals surface area contributed by atoms with Crippen molar-refractivity contribution in [2.45, 2.75) is 39.3 Å². The lowest BCUT2D eigenvalue weighted by Crippen LogP contribution is -2.26. The van der Waals surface area contributed by atoms with E-state index in [4.69, 9.17) is 37.9 Å². The van der Waals surface area contributed by atoms with Gasteiger partial charge in [0.05, 0.1) is 34.0 Å². The fourth-order valence-corrected chi connectivity index (χ4v) is 9.24. The number of pyridine rings is 1. The number of amides is 6. The minimum Gasteiger partial charge on any atom is -0.497 e. The Morgan fingerprint density at radius 3 is 1.11 bits per heavy atom. The van der Waals surface area contributed by atoms with Crippen LogP contribution in [0.1, 0.15) is 95.5 Å². The van der Waals surface area contributed by atoms with Crippen LogP contribution < -0.4 is 69.8 Å². The molecule has 2 aliphatic rings. The summed E-state index contributed by atoms with van der Waals surface area (Å²) in [6.07, 6.45) is 3.33. The zero-order chi connectivity index (χ0) is 64.6. The van der Waals surface area contributed by atoms with Gasteiger partial charge in [-0.05, 0) is 161 Å². The Kier molecular flexibility index (Phi) is 22.7. The molecule has 0 bridgehead atoms. The lowest BCUT2D eigenvalue weighted by Gasteiger charge is -2.12. The average Bonchev–Trinajstić information content (AvgIpc) is 2.60. The summed E-state index contributed by atoms with van der Waals surface area (Å²) in [5.74, 6) is 3.69. The van der Waals surface area contributed by atoms with Gasteiger partial charge in [0.25, 0.3) is 35.4 Å². The molecule has 8 aromatic carbocycles. The van der Waals surface area contributed by atoms with Crippen molar-refractivity contribution in [3.8, 4) is 46.0 Å². The molecule has 0 saturated heterocycles. The van der Waals surface area contributed by atoms with Crippen molar-refractivity contribution in [3.63, 3.8) is 0 Å². The maximum Gasteiger partial charge on any atom is 0.255 e. The maximum absolute atomic E-state index is 12.7. The molecule has 470 valence electrons. The predicted octanol–water partition coefficient (Wildman–Crippen LogP) is 9.53. The number of rotatable bonds is 22. The number of fused-ring (bicyclic) bond motifs is 2. The van der Waals surface area contributed by atoms with Gasteiger partial charge >= 0.3 is 0 Å². The lowest BCUT2D eigenvalue weighted by molar-refractivity contribution is 0.0934. The van der Waals surface area contributed by atoms with Gasteiger partial charge in [0, 0.05) is 79.5 Å². The molecule has 0 fully saturated rings. The molecule has 9 aromatic rings. The van der Waals surface area contributed by atoms with E-state index in [1.165, 1.54) is 13.2 Å². The number of hydrogen-bond acceptors (Lipinski definition) is 15.